The van der Waals surface area contributed by atoms with Gasteiger partial charge in [0.15, 0.2) is 5.70 Å². The number of esters is 1. The predicted octanol–water partition coefficient (Wildman–Crippen LogP) is 5.83. The highest BCUT2D eigenvalue weighted by Crippen LogP contribution is 2.27. The summed E-state index contributed by atoms with van der Waals surface area (Å²) in [6, 6.07) is 18.3. The van der Waals surface area contributed by atoms with Crippen LogP contribution < -0.4 is 4.74 Å². The van der Waals surface area contributed by atoms with Crippen LogP contribution in [0.4, 0.5) is 5.69 Å². The molecule has 0 aliphatic carbocycles. The van der Waals surface area contributed by atoms with Crippen LogP contribution in [0.3, 0.4) is 0 Å². The van der Waals surface area contributed by atoms with Gasteiger partial charge in [0, 0.05) is 17.2 Å². The maximum atomic E-state index is 12.3. The van der Waals surface area contributed by atoms with Crippen LogP contribution in [0.5, 0.6) is 5.75 Å². The zero-order valence-corrected chi connectivity index (χ0v) is 17.8. The molecule has 160 valence electrons. The van der Waals surface area contributed by atoms with Crippen LogP contribution in [0, 0.1) is 10.1 Å². The van der Waals surface area contributed by atoms with E-state index in [-0.39, 0.29) is 27.9 Å². The lowest BCUT2D eigenvalue weighted by molar-refractivity contribution is -0.384. The highest BCUT2D eigenvalue weighted by atomic mass is 35.5. The van der Waals surface area contributed by atoms with E-state index in [1.54, 1.807) is 30.3 Å². The van der Waals surface area contributed by atoms with Crippen molar-refractivity contribution in [2.24, 2.45) is 4.99 Å². The standard InChI is InChI=1S/C23H14Cl2N2O5/c24-16-5-1-4-15(9-16)13-31-18-6-2-3-14(10-18)11-21-23(28)32-22(26-21)19-12-17(27(29)30)7-8-20(19)25/h1-12H,13H2/b21-11-. The summed E-state index contributed by atoms with van der Waals surface area (Å²) in [5, 5.41) is 11.8. The Morgan fingerprint density at radius 1 is 1.06 bits per heavy atom. The molecule has 1 aliphatic heterocycles. The molecule has 0 N–H and O–H groups in total. The van der Waals surface area contributed by atoms with Crippen molar-refractivity contribution in [2.45, 2.75) is 6.61 Å². The SMILES string of the molecule is O=C1OC(c2cc([N+](=O)[O-])ccc2Cl)=N/C1=C\c1cccc(OCc2cccc(Cl)c2)c1. The van der Waals surface area contributed by atoms with Crippen LogP contribution in [-0.2, 0) is 16.1 Å². The molecule has 3 aromatic carbocycles. The van der Waals surface area contributed by atoms with Gasteiger partial charge in [-0.25, -0.2) is 9.79 Å². The monoisotopic (exact) mass is 468 g/mol. The Labute approximate surface area is 192 Å². The topological polar surface area (TPSA) is 91.0 Å². The Hall–Kier alpha value is -3.68. The minimum atomic E-state index is -0.687. The number of hydrogen-bond donors (Lipinski definition) is 0. The van der Waals surface area contributed by atoms with Gasteiger partial charge < -0.3 is 9.47 Å². The van der Waals surface area contributed by atoms with Crippen molar-refractivity contribution in [1.29, 1.82) is 0 Å². The molecule has 0 unspecified atom stereocenters. The molecule has 1 heterocycles. The molecule has 0 bridgehead atoms. The summed E-state index contributed by atoms with van der Waals surface area (Å²) in [6.45, 7) is 0.330. The third kappa shape index (κ3) is 4.96. The minimum Gasteiger partial charge on any atom is -0.489 e. The second kappa shape index (κ2) is 9.21. The first-order chi connectivity index (χ1) is 15.4. The second-order valence-corrected chi connectivity index (χ2v) is 7.59. The van der Waals surface area contributed by atoms with Gasteiger partial charge in [0.2, 0.25) is 5.90 Å². The van der Waals surface area contributed by atoms with E-state index in [4.69, 9.17) is 32.7 Å². The van der Waals surface area contributed by atoms with E-state index in [2.05, 4.69) is 4.99 Å². The number of ether oxygens (including phenoxy) is 2. The number of carbonyl (C=O) groups excluding carboxylic acids is 1. The van der Waals surface area contributed by atoms with Crippen LogP contribution in [0.2, 0.25) is 10.0 Å². The van der Waals surface area contributed by atoms with E-state index in [1.165, 1.54) is 24.3 Å². The zero-order valence-electron chi connectivity index (χ0n) is 16.3. The van der Waals surface area contributed by atoms with Crippen molar-refractivity contribution in [2.75, 3.05) is 0 Å². The number of rotatable bonds is 6. The molecule has 32 heavy (non-hydrogen) atoms. The summed E-state index contributed by atoms with van der Waals surface area (Å²) in [5.74, 6) is -0.187. The molecule has 3 aromatic rings. The number of carbonyl (C=O) groups is 1. The van der Waals surface area contributed by atoms with Crippen molar-refractivity contribution in [3.05, 3.63) is 109 Å². The molecule has 0 saturated heterocycles. The zero-order chi connectivity index (χ0) is 22.7. The van der Waals surface area contributed by atoms with Gasteiger partial charge in [-0.15, -0.1) is 0 Å². The van der Waals surface area contributed by atoms with Crippen LogP contribution in [0.15, 0.2) is 77.4 Å². The number of hydrogen-bond acceptors (Lipinski definition) is 6. The first-order valence-electron chi connectivity index (χ1n) is 9.33. The average molecular weight is 469 g/mol. The smallest absolute Gasteiger partial charge is 0.363 e. The minimum absolute atomic E-state index is 0.0366. The average Bonchev–Trinajstić information content (AvgIpc) is 3.12. The van der Waals surface area contributed by atoms with Crippen LogP contribution >= 0.6 is 23.2 Å². The fraction of sp³-hybridized carbons (Fsp3) is 0.0435. The molecule has 7 nitrogen and oxygen atoms in total. The first kappa shape index (κ1) is 21.5. The summed E-state index contributed by atoms with van der Waals surface area (Å²) in [6.07, 6.45) is 1.53. The van der Waals surface area contributed by atoms with Crippen molar-refractivity contribution in [3.63, 3.8) is 0 Å². The molecule has 0 amide bonds. The summed E-state index contributed by atoms with van der Waals surface area (Å²) in [5.41, 5.74) is 1.59. The van der Waals surface area contributed by atoms with E-state index in [0.717, 1.165) is 5.56 Å². The van der Waals surface area contributed by atoms with Gasteiger partial charge in [0.05, 0.1) is 15.5 Å². The molecule has 0 atom stereocenters. The number of nitro benzene ring substituents is 1. The highest BCUT2D eigenvalue weighted by Gasteiger charge is 2.27. The Balaban J connectivity index is 1.55. The lowest BCUT2D eigenvalue weighted by Crippen LogP contribution is -2.06. The van der Waals surface area contributed by atoms with Crippen molar-refractivity contribution < 1.29 is 19.2 Å². The van der Waals surface area contributed by atoms with Gasteiger partial charge in [0.1, 0.15) is 12.4 Å². The Morgan fingerprint density at radius 2 is 1.88 bits per heavy atom. The molecular weight excluding hydrogens is 455 g/mol. The van der Waals surface area contributed by atoms with Crippen LogP contribution in [0.25, 0.3) is 6.08 Å². The molecule has 1 aliphatic rings. The third-order valence-electron chi connectivity index (χ3n) is 4.47. The van der Waals surface area contributed by atoms with E-state index in [9.17, 15) is 14.9 Å². The Kier molecular flexibility index (Phi) is 6.20. The number of halogens is 2. The van der Waals surface area contributed by atoms with Crippen LogP contribution in [0.1, 0.15) is 16.7 Å². The summed E-state index contributed by atoms with van der Waals surface area (Å²) < 4.78 is 11.0. The maximum absolute atomic E-state index is 12.3. The van der Waals surface area contributed by atoms with Crippen LogP contribution in [-0.4, -0.2) is 16.8 Å². The number of nitrogens with zero attached hydrogens (tertiary/aromatic N) is 2. The molecule has 0 aromatic heterocycles. The summed E-state index contributed by atoms with van der Waals surface area (Å²) in [4.78, 5) is 26.9. The number of benzene rings is 3. The third-order valence-corrected chi connectivity index (χ3v) is 5.03. The lowest BCUT2D eigenvalue weighted by atomic mass is 10.2. The highest BCUT2D eigenvalue weighted by molar-refractivity contribution is 6.34. The van der Waals surface area contributed by atoms with Crippen molar-refractivity contribution in [3.8, 4) is 5.75 Å². The molecule has 0 saturated carbocycles. The van der Waals surface area contributed by atoms with Gasteiger partial charge in [-0.3, -0.25) is 10.1 Å². The quantitative estimate of drug-likeness (QED) is 0.196. The molecule has 0 fully saturated rings. The largest absolute Gasteiger partial charge is 0.489 e. The first-order valence-corrected chi connectivity index (χ1v) is 10.1. The Morgan fingerprint density at radius 3 is 2.66 bits per heavy atom. The Bertz CT molecular complexity index is 1290. The maximum Gasteiger partial charge on any atom is 0.363 e. The normalized spacial score (nSPS) is 14.2. The van der Waals surface area contributed by atoms with Gasteiger partial charge in [-0.05, 0) is 47.5 Å². The van der Waals surface area contributed by atoms with E-state index >= 15 is 0 Å². The van der Waals surface area contributed by atoms with Gasteiger partial charge >= 0.3 is 5.97 Å². The summed E-state index contributed by atoms with van der Waals surface area (Å²) >= 11 is 12.1. The lowest BCUT2D eigenvalue weighted by Gasteiger charge is -2.07. The fourth-order valence-electron chi connectivity index (χ4n) is 2.96. The van der Waals surface area contributed by atoms with Gasteiger partial charge in [-0.2, -0.15) is 0 Å². The number of non-ortho nitro benzene ring substituents is 1. The number of cyclic esters (lactones) is 1. The van der Waals surface area contributed by atoms with E-state index in [1.807, 2.05) is 18.2 Å². The number of nitro groups is 1. The number of aliphatic imine (C=N–C) groups is 1. The molecule has 4 rings (SSSR count). The molecule has 0 radical (unpaired) electrons. The van der Waals surface area contributed by atoms with Crippen molar-refractivity contribution >= 4 is 46.8 Å². The van der Waals surface area contributed by atoms with Crippen molar-refractivity contribution in [1.82, 2.24) is 0 Å². The molecule has 9 heteroatoms. The fourth-order valence-corrected chi connectivity index (χ4v) is 3.37. The summed E-state index contributed by atoms with van der Waals surface area (Å²) in [7, 11) is 0. The molecular formula is C23H14Cl2N2O5. The van der Waals surface area contributed by atoms with Gasteiger partial charge in [-0.1, -0.05) is 47.5 Å². The predicted molar refractivity (Wildman–Crippen MR) is 121 cm³/mol. The van der Waals surface area contributed by atoms with Gasteiger partial charge in [0.25, 0.3) is 5.69 Å². The van der Waals surface area contributed by atoms with E-state index < -0.39 is 10.9 Å². The second-order valence-electron chi connectivity index (χ2n) is 6.75. The molecule has 0 spiro atoms. The van der Waals surface area contributed by atoms with E-state index in [0.29, 0.717) is 22.9 Å².